The largest absolute Gasteiger partial charge is 0.370 e. The highest BCUT2D eigenvalue weighted by atomic mass is 35.5. The van der Waals surface area contributed by atoms with E-state index in [1.807, 2.05) is 0 Å². The van der Waals surface area contributed by atoms with Crippen molar-refractivity contribution in [3.63, 3.8) is 0 Å². The maximum absolute atomic E-state index is 11.9. The molecule has 6 heteroatoms. The minimum atomic E-state index is -0.338. The number of hydrogen-bond acceptors (Lipinski definition) is 2. The van der Waals surface area contributed by atoms with E-state index >= 15 is 0 Å². The minimum absolute atomic E-state index is 0.173. The summed E-state index contributed by atoms with van der Waals surface area (Å²) in [5.41, 5.74) is 6.29. The van der Waals surface area contributed by atoms with Crippen LogP contribution in [0, 0.1) is 5.41 Å². The minimum Gasteiger partial charge on any atom is -0.370 e. The zero-order chi connectivity index (χ0) is 13.3. The van der Waals surface area contributed by atoms with Crippen LogP contribution in [0.1, 0.15) is 18.5 Å². The number of aromatic amines is 1. The van der Waals surface area contributed by atoms with Crippen molar-refractivity contribution < 1.29 is 0 Å². The van der Waals surface area contributed by atoms with E-state index in [0.717, 1.165) is 10.9 Å². The molecule has 0 saturated carbocycles. The normalized spacial score (nSPS) is 12.3. The average Bonchev–Trinajstić information content (AvgIpc) is 2.27. The summed E-state index contributed by atoms with van der Waals surface area (Å²) in [6.07, 6.45) is 0. The lowest BCUT2D eigenvalue weighted by molar-refractivity contribution is 0.700. The summed E-state index contributed by atoms with van der Waals surface area (Å²) in [6.45, 7) is 1.77. The summed E-state index contributed by atoms with van der Waals surface area (Å²) in [6, 6.07) is 6.66. The predicted molar refractivity (Wildman–Crippen MR) is 73.0 cm³/mol. The second kappa shape index (κ2) is 4.70. The lowest BCUT2D eigenvalue weighted by Gasteiger charge is -2.13. The quantitative estimate of drug-likeness (QED) is 0.491. The molecule has 1 aromatic heterocycles. The highest BCUT2D eigenvalue weighted by molar-refractivity contribution is 6.31. The van der Waals surface area contributed by atoms with Gasteiger partial charge in [0, 0.05) is 21.5 Å². The molecule has 1 heterocycles. The van der Waals surface area contributed by atoms with Crippen molar-refractivity contribution >= 4 is 28.5 Å². The molecule has 2 aromatic rings. The van der Waals surface area contributed by atoms with Crippen molar-refractivity contribution in [2.24, 2.45) is 5.73 Å². The number of guanidine groups is 1. The number of benzene rings is 1. The first-order chi connectivity index (χ1) is 8.47. The van der Waals surface area contributed by atoms with Crippen LogP contribution >= 0.6 is 11.6 Å². The van der Waals surface area contributed by atoms with Gasteiger partial charge in [-0.1, -0.05) is 11.6 Å². The van der Waals surface area contributed by atoms with Gasteiger partial charge in [0.15, 0.2) is 5.96 Å². The number of aromatic nitrogens is 1. The molecule has 0 spiro atoms. The second-order valence-electron chi connectivity index (χ2n) is 4.07. The van der Waals surface area contributed by atoms with E-state index in [2.05, 4.69) is 10.3 Å². The number of pyridine rings is 1. The van der Waals surface area contributed by atoms with E-state index in [1.165, 1.54) is 0 Å². The Morgan fingerprint density at radius 3 is 2.89 bits per heavy atom. The molecule has 0 bridgehead atoms. The zero-order valence-corrected chi connectivity index (χ0v) is 10.5. The fourth-order valence-electron chi connectivity index (χ4n) is 1.83. The van der Waals surface area contributed by atoms with Gasteiger partial charge in [0.2, 0.25) is 0 Å². The lowest BCUT2D eigenvalue weighted by Crippen LogP contribution is -2.34. The van der Waals surface area contributed by atoms with Crippen LogP contribution in [0.3, 0.4) is 0 Å². The second-order valence-corrected chi connectivity index (χ2v) is 4.50. The van der Waals surface area contributed by atoms with Gasteiger partial charge in [0.25, 0.3) is 5.56 Å². The van der Waals surface area contributed by atoms with Crippen LogP contribution in [-0.4, -0.2) is 10.9 Å². The number of nitrogens with two attached hydrogens (primary N) is 1. The van der Waals surface area contributed by atoms with E-state index in [-0.39, 0.29) is 17.6 Å². The third-order valence-electron chi connectivity index (χ3n) is 2.67. The first kappa shape index (κ1) is 12.4. The Labute approximate surface area is 108 Å². The maximum Gasteiger partial charge on any atom is 0.253 e. The van der Waals surface area contributed by atoms with Gasteiger partial charge in [-0.2, -0.15) is 0 Å². The van der Waals surface area contributed by atoms with Gasteiger partial charge >= 0.3 is 0 Å². The Morgan fingerprint density at radius 2 is 2.22 bits per heavy atom. The Hall–Kier alpha value is -2.01. The van der Waals surface area contributed by atoms with Crippen molar-refractivity contribution in [2.45, 2.75) is 13.0 Å². The van der Waals surface area contributed by atoms with E-state index in [0.29, 0.717) is 10.6 Å². The highest BCUT2D eigenvalue weighted by Crippen LogP contribution is 2.19. The molecule has 0 fully saturated rings. The van der Waals surface area contributed by atoms with Crippen molar-refractivity contribution in [1.29, 1.82) is 5.41 Å². The van der Waals surface area contributed by atoms with Gasteiger partial charge in [-0.3, -0.25) is 10.2 Å². The Balaban J connectivity index is 2.54. The van der Waals surface area contributed by atoms with Crippen molar-refractivity contribution in [3.8, 4) is 0 Å². The topological polar surface area (TPSA) is 94.8 Å². The van der Waals surface area contributed by atoms with Crippen LogP contribution in [0.5, 0.6) is 0 Å². The number of halogens is 1. The van der Waals surface area contributed by atoms with Gasteiger partial charge in [0.05, 0.1) is 6.04 Å². The number of rotatable bonds is 2. The van der Waals surface area contributed by atoms with Crippen molar-refractivity contribution in [1.82, 2.24) is 10.3 Å². The average molecular weight is 265 g/mol. The molecule has 1 atom stereocenters. The molecule has 0 unspecified atom stereocenters. The monoisotopic (exact) mass is 264 g/mol. The van der Waals surface area contributed by atoms with E-state index < -0.39 is 0 Å². The maximum atomic E-state index is 11.9. The summed E-state index contributed by atoms with van der Waals surface area (Å²) in [5.74, 6) is -0.173. The van der Waals surface area contributed by atoms with Gasteiger partial charge in [-0.05, 0) is 31.2 Å². The van der Waals surface area contributed by atoms with Gasteiger partial charge in [-0.15, -0.1) is 0 Å². The lowest BCUT2D eigenvalue weighted by atomic mass is 10.1. The molecule has 0 saturated heterocycles. The van der Waals surface area contributed by atoms with E-state index in [1.54, 1.807) is 31.2 Å². The molecule has 2 rings (SSSR count). The molecule has 0 aliphatic heterocycles. The number of hydrogen-bond donors (Lipinski definition) is 4. The molecule has 0 aliphatic rings. The molecule has 5 nitrogen and oxygen atoms in total. The standard InChI is InChI=1S/C12H13ClN4O/c1-6(16-12(14)15)9-5-7-4-8(13)2-3-10(7)17-11(9)18/h2-6H,1H3,(H,17,18)(H4,14,15,16)/t6-/m0/s1. The number of fused-ring (bicyclic) bond motifs is 1. The molecule has 5 N–H and O–H groups in total. The smallest absolute Gasteiger partial charge is 0.253 e. The van der Waals surface area contributed by atoms with Crippen LogP contribution in [-0.2, 0) is 0 Å². The number of H-pyrrole nitrogens is 1. The molecular weight excluding hydrogens is 252 g/mol. The molecule has 94 valence electrons. The third-order valence-corrected chi connectivity index (χ3v) is 2.91. The summed E-state index contributed by atoms with van der Waals surface area (Å²) < 4.78 is 0. The van der Waals surface area contributed by atoms with Gasteiger partial charge < -0.3 is 16.0 Å². The summed E-state index contributed by atoms with van der Waals surface area (Å²) in [5, 5.41) is 11.3. The van der Waals surface area contributed by atoms with Crippen molar-refractivity contribution in [3.05, 3.63) is 45.2 Å². The predicted octanol–water partition coefficient (Wildman–Crippen LogP) is 1.73. The van der Waals surface area contributed by atoms with E-state index in [4.69, 9.17) is 22.7 Å². The van der Waals surface area contributed by atoms with Crippen LogP contribution in [0.4, 0.5) is 0 Å². The highest BCUT2D eigenvalue weighted by Gasteiger charge is 2.11. The fourth-order valence-corrected chi connectivity index (χ4v) is 2.01. The third kappa shape index (κ3) is 2.46. The Kier molecular flexibility index (Phi) is 3.25. The van der Waals surface area contributed by atoms with Crippen LogP contribution < -0.4 is 16.6 Å². The van der Waals surface area contributed by atoms with Gasteiger partial charge in [-0.25, -0.2) is 0 Å². The molecule has 0 radical (unpaired) electrons. The molecular formula is C12H13ClN4O. The van der Waals surface area contributed by atoms with Crippen LogP contribution in [0.25, 0.3) is 10.9 Å². The molecule has 18 heavy (non-hydrogen) atoms. The summed E-state index contributed by atoms with van der Waals surface area (Å²) in [7, 11) is 0. The number of nitrogens with one attached hydrogen (secondary N) is 3. The molecule has 1 aromatic carbocycles. The van der Waals surface area contributed by atoms with Gasteiger partial charge in [0.1, 0.15) is 0 Å². The Morgan fingerprint density at radius 1 is 1.50 bits per heavy atom. The van der Waals surface area contributed by atoms with E-state index in [9.17, 15) is 4.79 Å². The molecule has 0 amide bonds. The SMILES string of the molecule is C[C@H](NC(=N)N)c1cc2cc(Cl)ccc2[nH]c1=O. The fraction of sp³-hybridized carbons (Fsp3) is 0.167. The van der Waals surface area contributed by atoms with Crippen LogP contribution in [0.15, 0.2) is 29.1 Å². The molecule has 0 aliphatic carbocycles. The van der Waals surface area contributed by atoms with Crippen LogP contribution in [0.2, 0.25) is 5.02 Å². The van der Waals surface area contributed by atoms with Crippen molar-refractivity contribution in [2.75, 3.05) is 0 Å². The summed E-state index contributed by atoms with van der Waals surface area (Å²) in [4.78, 5) is 14.7. The zero-order valence-electron chi connectivity index (χ0n) is 9.75. The first-order valence-electron chi connectivity index (χ1n) is 5.40. The summed E-state index contributed by atoms with van der Waals surface area (Å²) >= 11 is 5.91. The first-order valence-corrected chi connectivity index (χ1v) is 5.78. The Bertz CT molecular complexity index is 665.